The molecule has 4 rings (SSSR count). The third-order valence-corrected chi connectivity index (χ3v) is 6.42. The van der Waals surface area contributed by atoms with E-state index in [9.17, 15) is 8.42 Å². The first kappa shape index (κ1) is 16.9. The lowest BCUT2D eigenvalue weighted by Crippen LogP contribution is -2.46. The van der Waals surface area contributed by atoms with E-state index in [1.54, 1.807) is 22.7 Å². The molecule has 136 valence electrons. The summed E-state index contributed by atoms with van der Waals surface area (Å²) in [5, 5.41) is 9.21. The predicted molar refractivity (Wildman–Crippen MR) is 90.7 cm³/mol. The first-order chi connectivity index (χ1) is 12.1. The Labute approximate surface area is 146 Å². The first-order valence-electron chi connectivity index (χ1n) is 8.48. The van der Waals surface area contributed by atoms with E-state index in [2.05, 4.69) is 14.6 Å². The highest BCUT2D eigenvalue weighted by molar-refractivity contribution is 7.89. The summed E-state index contributed by atoms with van der Waals surface area (Å²) in [6.07, 6.45) is 4.45. The predicted octanol–water partition coefficient (Wildman–Crippen LogP) is -0.163. The largest absolute Gasteiger partial charge is 0.396 e. The summed E-state index contributed by atoms with van der Waals surface area (Å²) in [5.74, 6) is 0. The van der Waals surface area contributed by atoms with Crippen molar-refractivity contribution in [3.8, 4) is 0 Å². The molecule has 2 aliphatic heterocycles. The quantitative estimate of drug-likeness (QED) is 0.763. The van der Waals surface area contributed by atoms with Crippen LogP contribution in [0.15, 0.2) is 35.6 Å². The Balaban J connectivity index is 1.47. The third-order valence-electron chi connectivity index (χ3n) is 4.92. The van der Waals surface area contributed by atoms with Gasteiger partial charge in [0.2, 0.25) is 0 Å². The van der Waals surface area contributed by atoms with Crippen molar-refractivity contribution in [1.29, 1.82) is 0 Å². The third kappa shape index (κ3) is 3.30. The van der Waals surface area contributed by atoms with E-state index < -0.39 is 10.0 Å². The summed E-state index contributed by atoms with van der Waals surface area (Å²) in [6, 6.07) is 5.45. The van der Waals surface area contributed by atoms with Crippen molar-refractivity contribution in [2.75, 3.05) is 26.3 Å². The molecule has 2 N–H and O–H groups in total. The van der Waals surface area contributed by atoms with Gasteiger partial charge in [-0.2, -0.15) is 0 Å². The molecule has 2 fully saturated rings. The van der Waals surface area contributed by atoms with E-state index in [-0.39, 0.29) is 29.8 Å². The zero-order valence-electron chi connectivity index (χ0n) is 13.8. The molecule has 0 spiro atoms. The number of nitrogens with zero attached hydrogens (tertiary/aromatic N) is 3. The number of aromatic nitrogens is 2. The number of pyridine rings is 1. The Morgan fingerprint density at radius 1 is 1.36 bits per heavy atom. The second-order valence-electron chi connectivity index (χ2n) is 6.65. The second kappa shape index (κ2) is 6.65. The molecular formula is C16H22N4O4S. The van der Waals surface area contributed by atoms with Gasteiger partial charge in [0.05, 0.1) is 18.9 Å². The summed E-state index contributed by atoms with van der Waals surface area (Å²) >= 11 is 0. The van der Waals surface area contributed by atoms with Gasteiger partial charge in [0.1, 0.15) is 5.65 Å². The average molecular weight is 366 g/mol. The van der Waals surface area contributed by atoms with Crippen LogP contribution in [0.25, 0.3) is 5.65 Å². The lowest BCUT2D eigenvalue weighted by molar-refractivity contribution is -0.0566. The van der Waals surface area contributed by atoms with Crippen molar-refractivity contribution in [2.24, 2.45) is 0 Å². The number of imidazole rings is 1. The number of aliphatic hydroxyl groups is 1. The molecule has 0 bridgehead atoms. The molecule has 2 saturated heterocycles. The number of ether oxygens (including phenoxy) is 1. The van der Waals surface area contributed by atoms with Crippen LogP contribution in [0.2, 0.25) is 0 Å². The van der Waals surface area contributed by atoms with Crippen LogP contribution in [-0.4, -0.2) is 72.3 Å². The normalized spacial score (nSPS) is 27.6. The van der Waals surface area contributed by atoms with Crippen molar-refractivity contribution >= 4 is 15.7 Å². The van der Waals surface area contributed by atoms with Gasteiger partial charge in [0, 0.05) is 38.0 Å². The van der Waals surface area contributed by atoms with Crippen molar-refractivity contribution in [3.63, 3.8) is 0 Å². The molecule has 8 nitrogen and oxygen atoms in total. The Morgan fingerprint density at radius 3 is 3.08 bits per heavy atom. The smallest absolute Gasteiger partial charge is 0.258 e. The Bertz CT molecular complexity index is 853. The first-order valence-corrected chi connectivity index (χ1v) is 9.96. The Kier molecular flexibility index (Phi) is 4.50. The van der Waals surface area contributed by atoms with Crippen LogP contribution in [0.5, 0.6) is 0 Å². The van der Waals surface area contributed by atoms with E-state index in [1.165, 1.54) is 6.20 Å². The standard InChI is InChI=1S/C16H22N4O4S/c21-6-4-14-10-19-9-12(7-13(19)11-24-14)18-25(22,23)16-8-17-15-3-1-2-5-20(15)16/h1-3,5,8,12-14,18,21H,4,6-7,9-11H2/t12-,13+,14+/m1/s1. The van der Waals surface area contributed by atoms with Crippen molar-refractivity contribution in [1.82, 2.24) is 19.0 Å². The maximum absolute atomic E-state index is 12.8. The fourth-order valence-electron chi connectivity index (χ4n) is 3.73. The molecular weight excluding hydrogens is 344 g/mol. The monoisotopic (exact) mass is 366 g/mol. The van der Waals surface area contributed by atoms with E-state index >= 15 is 0 Å². The highest BCUT2D eigenvalue weighted by atomic mass is 32.2. The molecule has 25 heavy (non-hydrogen) atoms. The molecule has 4 heterocycles. The number of rotatable bonds is 5. The van der Waals surface area contributed by atoms with Crippen LogP contribution in [-0.2, 0) is 14.8 Å². The van der Waals surface area contributed by atoms with Crippen LogP contribution >= 0.6 is 0 Å². The Morgan fingerprint density at radius 2 is 2.24 bits per heavy atom. The molecule has 0 amide bonds. The lowest BCUT2D eigenvalue weighted by atomic mass is 10.1. The minimum absolute atomic E-state index is 0.0235. The minimum atomic E-state index is -3.65. The van der Waals surface area contributed by atoms with Crippen molar-refractivity contribution < 1.29 is 18.3 Å². The summed E-state index contributed by atoms with van der Waals surface area (Å²) in [4.78, 5) is 6.41. The van der Waals surface area contributed by atoms with Gasteiger partial charge in [0.15, 0.2) is 5.03 Å². The van der Waals surface area contributed by atoms with Gasteiger partial charge >= 0.3 is 0 Å². The number of aliphatic hydroxyl groups excluding tert-OH is 1. The molecule has 2 aromatic rings. The fraction of sp³-hybridized carbons (Fsp3) is 0.562. The summed E-state index contributed by atoms with van der Waals surface area (Å²) in [6.45, 7) is 2.08. The van der Waals surface area contributed by atoms with Gasteiger partial charge in [-0.25, -0.2) is 18.1 Å². The van der Waals surface area contributed by atoms with E-state index in [0.717, 1.165) is 13.0 Å². The summed E-state index contributed by atoms with van der Waals surface area (Å²) in [5.41, 5.74) is 0.604. The van der Waals surface area contributed by atoms with Gasteiger partial charge in [0.25, 0.3) is 10.0 Å². The van der Waals surface area contributed by atoms with Gasteiger partial charge in [-0.05, 0) is 25.0 Å². The van der Waals surface area contributed by atoms with Gasteiger partial charge in [-0.3, -0.25) is 9.30 Å². The molecule has 0 unspecified atom stereocenters. The van der Waals surface area contributed by atoms with E-state index in [0.29, 0.717) is 25.2 Å². The zero-order valence-corrected chi connectivity index (χ0v) is 14.6. The topological polar surface area (TPSA) is 96.2 Å². The van der Waals surface area contributed by atoms with Gasteiger partial charge in [-0.15, -0.1) is 0 Å². The molecule has 0 saturated carbocycles. The molecule has 3 atom stereocenters. The van der Waals surface area contributed by atoms with Crippen LogP contribution in [0.3, 0.4) is 0 Å². The number of fused-ring (bicyclic) bond motifs is 2. The SMILES string of the molecule is O=S(=O)(N[C@@H]1C[C@H]2CO[C@@H](CCO)CN2C1)c1cnc2ccccn12. The molecule has 0 aliphatic carbocycles. The number of hydrogen-bond donors (Lipinski definition) is 2. The number of hydrogen-bond acceptors (Lipinski definition) is 6. The molecule has 2 aromatic heterocycles. The number of sulfonamides is 1. The van der Waals surface area contributed by atoms with Gasteiger partial charge < -0.3 is 9.84 Å². The highest BCUT2D eigenvalue weighted by Gasteiger charge is 2.39. The number of nitrogens with one attached hydrogen (secondary N) is 1. The van der Waals surface area contributed by atoms with Crippen LogP contribution in [0, 0.1) is 0 Å². The van der Waals surface area contributed by atoms with Gasteiger partial charge in [-0.1, -0.05) is 6.07 Å². The minimum Gasteiger partial charge on any atom is -0.396 e. The molecule has 0 radical (unpaired) electrons. The van der Waals surface area contributed by atoms with Crippen LogP contribution in [0.1, 0.15) is 12.8 Å². The molecule has 0 aromatic carbocycles. The van der Waals surface area contributed by atoms with E-state index in [4.69, 9.17) is 9.84 Å². The summed E-state index contributed by atoms with van der Waals surface area (Å²) in [7, 11) is -3.65. The molecule has 9 heteroatoms. The fourth-order valence-corrected chi connectivity index (χ4v) is 5.07. The van der Waals surface area contributed by atoms with Crippen molar-refractivity contribution in [3.05, 3.63) is 30.6 Å². The Hall–Kier alpha value is -1.52. The maximum Gasteiger partial charge on any atom is 0.258 e. The lowest BCUT2D eigenvalue weighted by Gasteiger charge is -2.34. The second-order valence-corrected chi connectivity index (χ2v) is 8.32. The van der Waals surface area contributed by atoms with Crippen LogP contribution < -0.4 is 4.72 Å². The molecule has 2 aliphatic rings. The number of morpholine rings is 1. The summed E-state index contributed by atoms with van der Waals surface area (Å²) < 4.78 is 35.7. The maximum atomic E-state index is 12.8. The zero-order chi connectivity index (χ0) is 17.4. The highest BCUT2D eigenvalue weighted by Crippen LogP contribution is 2.25. The van der Waals surface area contributed by atoms with Crippen LogP contribution in [0.4, 0.5) is 0 Å². The average Bonchev–Trinajstić information content (AvgIpc) is 3.17. The van der Waals surface area contributed by atoms with E-state index in [1.807, 2.05) is 6.07 Å². The van der Waals surface area contributed by atoms with Crippen molar-refractivity contribution in [2.45, 2.75) is 36.1 Å².